The number of hydrogen-bond donors (Lipinski definition) is 0. The first-order valence-corrected chi connectivity index (χ1v) is 8.24. The van der Waals surface area contributed by atoms with E-state index in [-0.39, 0.29) is 10.6 Å². The summed E-state index contributed by atoms with van der Waals surface area (Å²) in [5.74, 6) is 0. The number of rotatable bonds is 5. The Bertz CT molecular complexity index is 750. The van der Waals surface area contributed by atoms with Crippen molar-refractivity contribution in [3.63, 3.8) is 0 Å². The number of hydrogen-bond acceptors (Lipinski definition) is 5. The maximum absolute atomic E-state index is 11.1. The SMILES string of the molecule is COCc1cc([N+](=O)[O-])ccc1N1CCOC(C)(c2ccccc2)C1. The van der Waals surface area contributed by atoms with Crippen LogP contribution in [0.1, 0.15) is 18.1 Å². The van der Waals surface area contributed by atoms with E-state index >= 15 is 0 Å². The van der Waals surface area contributed by atoms with Crippen LogP contribution in [-0.4, -0.2) is 31.7 Å². The summed E-state index contributed by atoms with van der Waals surface area (Å²) in [4.78, 5) is 12.9. The molecule has 1 unspecified atom stereocenters. The van der Waals surface area contributed by atoms with Crippen LogP contribution >= 0.6 is 0 Å². The van der Waals surface area contributed by atoms with Crippen molar-refractivity contribution in [1.29, 1.82) is 0 Å². The Balaban J connectivity index is 1.92. The number of ether oxygens (including phenoxy) is 2. The first-order chi connectivity index (χ1) is 12.0. The molecule has 6 heteroatoms. The number of methoxy groups -OCH3 is 1. The van der Waals surface area contributed by atoms with Crippen molar-refractivity contribution >= 4 is 11.4 Å². The van der Waals surface area contributed by atoms with Crippen molar-refractivity contribution in [2.75, 3.05) is 31.7 Å². The Hall–Kier alpha value is -2.44. The highest BCUT2D eigenvalue weighted by atomic mass is 16.6. The van der Waals surface area contributed by atoms with E-state index in [0.717, 1.165) is 23.4 Å². The van der Waals surface area contributed by atoms with Crippen LogP contribution in [0.2, 0.25) is 0 Å². The second kappa shape index (κ2) is 7.21. The third kappa shape index (κ3) is 3.65. The number of nitrogens with zero attached hydrogens (tertiary/aromatic N) is 2. The number of anilines is 1. The lowest BCUT2D eigenvalue weighted by molar-refractivity contribution is -0.384. The van der Waals surface area contributed by atoms with Crippen molar-refractivity contribution in [3.05, 3.63) is 69.8 Å². The Morgan fingerprint density at radius 2 is 2.04 bits per heavy atom. The molecule has 0 amide bonds. The van der Waals surface area contributed by atoms with Gasteiger partial charge in [0.15, 0.2) is 0 Å². The molecule has 0 N–H and O–H groups in total. The van der Waals surface area contributed by atoms with E-state index in [2.05, 4.69) is 24.0 Å². The molecule has 0 aliphatic carbocycles. The van der Waals surface area contributed by atoms with Gasteiger partial charge in [-0.25, -0.2) is 0 Å². The monoisotopic (exact) mass is 342 g/mol. The normalized spacial score (nSPS) is 20.5. The van der Waals surface area contributed by atoms with Gasteiger partial charge in [-0.15, -0.1) is 0 Å². The standard InChI is InChI=1S/C19H22N2O4/c1-19(16-6-4-3-5-7-16)14-20(10-11-25-19)18-9-8-17(21(22)23)12-15(18)13-24-2/h3-9,12H,10-11,13-14H2,1-2H3. The van der Waals surface area contributed by atoms with Crippen molar-refractivity contribution in [2.45, 2.75) is 19.1 Å². The predicted octanol–water partition coefficient (Wildman–Crippen LogP) is 3.49. The number of morpholine rings is 1. The Labute approximate surface area is 147 Å². The van der Waals surface area contributed by atoms with Crippen LogP contribution in [0.5, 0.6) is 0 Å². The molecule has 1 aliphatic rings. The molecular formula is C19H22N2O4. The van der Waals surface area contributed by atoms with Crippen LogP contribution in [0.15, 0.2) is 48.5 Å². The first kappa shape index (κ1) is 17.4. The fourth-order valence-electron chi connectivity index (χ4n) is 3.31. The topological polar surface area (TPSA) is 64.8 Å². The molecule has 25 heavy (non-hydrogen) atoms. The molecule has 0 saturated carbocycles. The number of nitro groups is 1. The molecule has 0 aromatic heterocycles. The van der Waals surface area contributed by atoms with Gasteiger partial charge in [-0.1, -0.05) is 30.3 Å². The third-order valence-corrected chi connectivity index (χ3v) is 4.57. The van der Waals surface area contributed by atoms with Gasteiger partial charge < -0.3 is 14.4 Å². The van der Waals surface area contributed by atoms with E-state index < -0.39 is 5.60 Å². The largest absolute Gasteiger partial charge is 0.380 e. The lowest BCUT2D eigenvalue weighted by Crippen LogP contribution is -2.48. The Morgan fingerprint density at radius 1 is 1.28 bits per heavy atom. The van der Waals surface area contributed by atoms with Crippen molar-refractivity contribution in [1.82, 2.24) is 0 Å². The lowest BCUT2D eigenvalue weighted by atomic mass is 9.93. The van der Waals surface area contributed by atoms with Crippen LogP contribution < -0.4 is 4.90 Å². The maximum Gasteiger partial charge on any atom is 0.269 e. The van der Waals surface area contributed by atoms with Gasteiger partial charge in [-0.2, -0.15) is 0 Å². The van der Waals surface area contributed by atoms with Gasteiger partial charge in [-0.3, -0.25) is 10.1 Å². The minimum atomic E-state index is -0.425. The lowest BCUT2D eigenvalue weighted by Gasteiger charge is -2.42. The zero-order chi connectivity index (χ0) is 17.9. The van der Waals surface area contributed by atoms with Crippen LogP contribution in [-0.2, 0) is 21.7 Å². The molecular weight excluding hydrogens is 320 g/mol. The second-order valence-corrected chi connectivity index (χ2v) is 6.37. The summed E-state index contributed by atoms with van der Waals surface area (Å²) in [6, 6.07) is 15.1. The van der Waals surface area contributed by atoms with Gasteiger partial charge in [0.2, 0.25) is 0 Å². The van der Waals surface area contributed by atoms with Crippen LogP contribution in [0, 0.1) is 10.1 Å². The minimum Gasteiger partial charge on any atom is -0.380 e. The molecule has 0 radical (unpaired) electrons. The average molecular weight is 342 g/mol. The molecule has 0 bridgehead atoms. The molecule has 1 heterocycles. The van der Waals surface area contributed by atoms with Gasteiger partial charge >= 0.3 is 0 Å². The summed E-state index contributed by atoms with van der Waals surface area (Å²) >= 11 is 0. The van der Waals surface area contributed by atoms with Crippen molar-refractivity contribution < 1.29 is 14.4 Å². The van der Waals surface area contributed by atoms with E-state index in [1.165, 1.54) is 0 Å². The molecule has 0 spiro atoms. The fraction of sp³-hybridized carbons (Fsp3) is 0.368. The fourth-order valence-corrected chi connectivity index (χ4v) is 3.31. The number of benzene rings is 2. The molecule has 132 valence electrons. The Morgan fingerprint density at radius 3 is 2.72 bits per heavy atom. The van der Waals surface area contributed by atoms with E-state index in [1.54, 1.807) is 19.2 Å². The van der Waals surface area contributed by atoms with E-state index in [9.17, 15) is 10.1 Å². The highest BCUT2D eigenvalue weighted by Crippen LogP contribution is 2.34. The zero-order valence-electron chi connectivity index (χ0n) is 14.5. The zero-order valence-corrected chi connectivity index (χ0v) is 14.5. The molecule has 6 nitrogen and oxygen atoms in total. The highest BCUT2D eigenvalue weighted by molar-refractivity contribution is 5.58. The third-order valence-electron chi connectivity index (χ3n) is 4.57. The highest BCUT2D eigenvalue weighted by Gasteiger charge is 2.34. The summed E-state index contributed by atoms with van der Waals surface area (Å²) < 4.78 is 11.3. The van der Waals surface area contributed by atoms with Gasteiger partial charge in [0.05, 0.1) is 24.7 Å². The van der Waals surface area contributed by atoms with Crippen LogP contribution in [0.25, 0.3) is 0 Å². The van der Waals surface area contributed by atoms with Crippen LogP contribution in [0.4, 0.5) is 11.4 Å². The quantitative estimate of drug-likeness (QED) is 0.615. The molecule has 1 saturated heterocycles. The molecule has 2 aromatic rings. The summed E-state index contributed by atoms with van der Waals surface area (Å²) in [7, 11) is 1.59. The summed E-state index contributed by atoms with van der Waals surface area (Å²) in [5.41, 5.74) is 2.54. The number of non-ortho nitro benzene ring substituents is 1. The van der Waals surface area contributed by atoms with Crippen LogP contribution in [0.3, 0.4) is 0 Å². The van der Waals surface area contributed by atoms with E-state index in [0.29, 0.717) is 19.8 Å². The number of nitro benzene ring substituents is 1. The summed E-state index contributed by atoms with van der Waals surface area (Å²) in [6.07, 6.45) is 0. The second-order valence-electron chi connectivity index (χ2n) is 6.37. The van der Waals surface area contributed by atoms with E-state index in [4.69, 9.17) is 9.47 Å². The molecule has 1 atom stereocenters. The molecule has 1 fully saturated rings. The molecule has 1 aliphatic heterocycles. The summed E-state index contributed by atoms with van der Waals surface area (Å²) in [5, 5.41) is 11.1. The van der Waals surface area contributed by atoms with Gasteiger partial charge in [-0.05, 0) is 18.6 Å². The van der Waals surface area contributed by atoms with Gasteiger partial charge in [0.25, 0.3) is 5.69 Å². The Kier molecular flexibility index (Phi) is 5.01. The van der Waals surface area contributed by atoms with E-state index in [1.807, 2.05) is 24.3 Å². The first-order valence-electron chi connectivity index (χ1n) is 8.24. The van der Waals surface area contributed by atoms with Crippen molar-refractivity contribution in [3.8, 4) is 0 Å². The van der Waals surface area contributed by atoms with Gasteiger partial charge in [0.1, 0.15) is 5.60 Å². The van der Waals surface area contributed by atoms with Crippen molar-refractivity contribution in [2.24, 2.45) is 0 Å². The summed E-state index contributed by atoms with van der Waals surface area (Å²) in [6.45, 7) is 4.41. The average Bonchev–Trinajstić information content (AvgIpc) is 2.63. The minimum absolute atomic E-state index is 0.0786. The predicted molar refractivity (Wildman–Crippen MR) is 95.8 cm³/mol. The maximum atomic E-state index is 11.1. The molecule has 2 aromatic carbocycles. The van der Waals surface area contributed by atoms with Gasteiger partial charge in [0, 0.05) is 37.0 Å². The molecule has 3 rings (SSSR count). The smallest absolute Gasteiger partial charge is 0.269 e.